The fourth-order valence-electron chi connectivity index (χ4n) is 2.25. The largest absolute Gasteiger partial charge is 0.352 e. The van der Waals surface area contributed by atoms with Gasteiger partial charge < -0.3 is 9.88 Å². The Labute approximate surface area is 142 Å². The molecule has 0 spiro atoms. The summed E-state index contributed by atoms with van der Waals surface area (Å²) in [5, 5.41) is 17.6. The Kier molecular flexibility index (Phi) is 6.35. The third-order valence-corrected chi connectivity index (χ3v) is 3.39. The SMILES string of the molecule is CCn1cnnc1CCNC(=O)c1cc(CN=[N+]=[N-])cc(N=[N+]=[N-])c1. The number of nitrogens with one attached hydrogen (secondary N) is 1. The molecule has 0 bridgehead atoms. The monoisotopic (exact) mass is 340 g/mol. The van der Waals surface area contributed by atoms with Crippen molar-refractivity contribution in [2.45, 2.75) is 26.4 Å². The number of aromatic nitrogens is 3. The van der Waals surface area contributed by atoms with Crippen LogP contribution in [0.2, 0.25) is 0 Å². The Morgan fingerprint density at radius 2 is 2.16 bits per heavy atom. The van der Waals surface area contributed by atoms with Crippen LogP contribution in [-0.4, -0.2) is 27.2 Å². The summed E-state index contributed by atoms with van der Waals surface area (Å²) in [5.74, 6) is 0.467. The van der Waals surface area contributed by atoms with Crippen molar-refractivity contribution in [2.75, 3.05) is 6.54 Å². The maximum atomic E-state index is 12.3. The van der Waals surface area contributed by atoms with Gasteiger partial charge in [-0.2, -0.15) is 0 Å². The number of azide groups is 2. The van der Waals surface area contributed by atoms with Crippen LogP contribution >= 0.6 is 0 Å². The molecule has 11 heteroatoms. The number of hydrogen-bond acceptors (Lipinski definition) is 5. The van der Waals surface area contributed by atoms with Gasteiger partial charge >= 0.3 is 0 Å². The van der Waals surface area contributed by atoms with Crippen LogP contribution in [0.15, 0.2) is 34.8 Å². The first-order chi connectivity index (χ1) is 12.2. The Bertz CT molecular complexity index is 845. The number of nitrogens with zero attached hydrogens (tertiary/aromatic N) is 9. The molecule has 0 unspecified atom stereocenters. The van der Waals surface area contributed by atoms with E-state index in [4.69, 9.17) is 11.1 Å². The van der Waals surface area contributed by atoms with Crippen LogP contribution in [0.25, 0.3) is 20.9 Å². The van der Waals surface area contributed by atoms with Crippen LogP contribution in [-0.2, 0) is 19.5 Å². The first kappa shape index (κ1) is 17.8. The number of rotatable bonds is 8. The molecule has 0 aliphatic carbocycles. The van der Waals surface area contributed by atoms with Gasteiger partial charge in [0.15, 0.2) is 0 Å². The Balaban J connectivity index is 2.07. The molecule has 1 N–H and O–H groups in total. The average molecular weight is 340 g/mol. The van der Waals surface area contributed by atoms with E-state index in [1.165, 1.54) is 6.07 Å². The number of aryl methyl sites for hydroxylation is 1. The molecule has 25 heavy (non-hydrogen) atoms. The van der Waals surface area contributed by atoms with E-state index in [-0.39, 0.29) is 18.1 Å². The van der Waals surface area contributed by atoms with Gasteiger partial charge in [-0.05, 0) is 41.7 Å². The normalized spacial score (nSPS) is 9.80. The van der Waals surface area contributed by atoms with Gasteiger partial charge in [-0.1, -0.05) is 10.2 Å². The van der Waals surface area contributed by atoms with Crippen LogP contribution in [0, 0.1) is 0 Å². The smallest absolute Gasteiger partial charge is 0.251 e. The summed E-state index contributed by atoms with van der Waals surface area (Å²) >= 11 is 0. The second-order valence-electron chi connectivity index (χ2n) is 5.01. The van der Waals surface area contributed by atoms with E-state index in [9.17, 15) is 4.79 Å². The third kappa shape index (κ3) is 4.96. The minimum absolute atomic E-state index is 0.0607. The Morgan fingerprint density at radius 1 is 1.32 bits per heavy atom. The minimum atomic E-state index is -0.320. The number of benzene rings is 1. The highest BCUT2D eigenvalue weighted by Gasteiger charge is 2.09. The van der Waals surface area contributed by atoms with Crippen molar-refractivity contribution in [1.82, 2.24) is 20.1 Å². The van der Waals surface area contributed by atoms with Crippen LogP contribution in [0.5, 0.6) is 0 Å². The van der Waals surface area contributed by atoms with Gasteiger partial charge in [0.25, 0.3) is 5.91 Å². The van der Waals surface area contributed by atoms with Gasteiger partial charge in [0.1, 0.15) is 12.2 Å². The van der Waals surface area contributed by atoms with Gasteiger partial charge in [-0.3, -0.25) is 4.79 Å². The number of amides is 1. The lowest BCUT2D eigenvalue weighted by Crippen LogP contribution is -2.26. The lowest BCUT2D eigenvalue weighted by molar-refractivity contribution is 0.0954. The van der Waals surface area contributed by atoms with Crippen molar-refractivity contribution in [2.24, 2.45) is 10.2 Å². The molecule has 0 aliphatic rings. The summed E-state index contributed by atoms with van der Waals surface area (Å²) in [5.41, 5.74) is 18.2. The number of carbonyl (C=O) groups excluding carboxylic acids is 1. The Morgan fingerprint density at radius 3 is 2.88 bits per heavy atom. The van der Waals surface area contributed by atoms with Crippen molar-refractivity contribution in [3.05, 3.63) is 62.4 Å². The van der Waals surface area contributed by atoms with Crippen molar-refractivity contribution < 1.29 is 4.79 Å². The average Bonchev–Trinajstić information content (AvgIpc) is 3.07. The van der Waals surface area contributed by atoms with Crippen LogP contribution in [0.4, 0.5) is 5.69 Å². The van der Waals surface area contributed by atoms with Gasteiger partial charge in [-0.15, -0.1) is 10.2 Å². The zero-order valence-corrected chi connectivity index (χ0v) is 13.6. The maximum Gasteiger partial charge on any atom is 0.251 e. The number of hydrogen-bond donors (Lipinski definition) is 1. The van der Waals surface area contributed by atoms with E-state index >= 15 is 0 Å². The Hall–Kier alpha value is -3.55. The lowest BCUT2D eigenvalue weighted by atomic mass is 10.1. The molecule has 2 rings (SSSR count). The van der Waals surface area contributed by atoms with Gasteiger partial charge in [0, 0.05) is 40.6 Å². The standard InChI is InChI=1S/C14H16N10O/c1-2-24-9-19-21-13(24)3-4-17-14(25)11-5-10(8-18-22-15)6-12(7-11)20-23-16/h5-7,9H,2-4,8H2,1H3,(H,17,25). The number of carbonyl (C=O) groups is 1. The van der Waals surface area contributed by atoms with Crippen molar-refractivity contribution in [3.8, 4) is 0 Å². The lowest BCUT2D eigenvalue weighted by Gasteiger charge is -2.08. The fraction of sp³-hybridized carbons (Fsp3) is 0.357. The molecule has 1 amide bonds. The molecule has 128 valence electrons. The molecular formula is C14H16N10O. The molecule has 2 aromatic rings. The summed E-state index contributed by atoms with van der Waals surface area (Å²) in [6.45, 7) is 3.19. The minimum Gasteiger partial charge on any atom is -0.352 e. The predicted molar refractivity (Wildman–Crippen MR) is 89.8 cm³/mol. The topological polar surface area (TPSA) is 157 Å². The van der Waals surface area contributed by atoms with Gasteiger partial charge in [0.05, 0.1) is 6.54 Å². The van der Waals surface area contributed by atoms with Crippen molar-refractivity contribution in [1.29, 1.82) is 0 Å². The molecule has 11 nitrogen and oxygen atoms in total. The fourth-order valence-corrected chi connectivity index (χ4v) is 2.25. The summed E-state index contributed by atoms with van der Waals surface area (Å²) in [4.78, 5) is 17.7. The molecule has 0 saturated carbocycles. The quantitative estimate of drug-likeness (QED) is 0.445. The van der Waals surface area contributed by atoms with E-state index in [2.05, 4.69) is 35.6 Å². The zero-order valence-electron chi connectivity index (χ0n) is 13.6. The van der Waals surface area contributed by atoms with E-state index in [1.807, 2.05) is 11.5 Å². The molecule has 1 aromatic heterocycles. The van der Waals surface area contributed by atoms with E-state index in [0.29, 0.717) is 24.1 Å². The van der Waals surface area contributed by atoms with Crippen LogP contribution in [0.1, 0.15) is 28.7 Å². The summed E-state index contributed by atoms with van der Waals surface area (Å²) in [6.07, 6.45) is 2.18. The first-order valence-corrected chi connectivity index (χ1v) is 7.52. The van der Waals surface area contributed by atoms with E-state index < -0.39 is 0 Å². The molecule has 0 radical (unpaired) electrons. The highest BCUT2D eigenvalue weighted by molar-refractivity contribution is 5.95. The highest BCUT2D eigenvalue weighted by Crippen LogP contribution is 2.19. The zero-order chi connectivity index (χ0) is 18.1. The highest BCUT2D eigenvalue weighted by atomic mass is 16.1. The second kappa shape index (κ2) is 8.92. The van der Waals surface area contributed by atoms with E-state index in [1.54, 1.807) is 18.5 Å². The predicted octanol–water partition coefficient (Wildman–Crippen LogP) is 3.02. The summed E-state index contributed by atoms with van der Waals surface area (Å²) < 4.78 is 1.90. The van der Waals surface area contributed by atoms with Crippen molar-refractivity contribution >= 4 is 11.6 Å². The molecule has 1 aromatic carbocycles. The second-order valence-corrected chi connectivity index (χ2v) is 5.01. The molecule has 1 heterocycles. The van der Waals surface area contributed by atoms with Gasteiger partial charge in [0.2, 0.25) is 0 Å². The van der Waals surface area contributed by atoms with Gasteiger partial charge in [-0.25, -0.2) is 0 Å². The first-order valence-electron chi connectivity index (χ1n) is 7.52. The molecule has 0 fully saturated rings. The molecular weight excluding hydrogens is 324 g/mol. The van der Waals surface area contributed by atoms with Crippen LogP contribution < -0.4 is 5.32 Å². The molecule has 0 atom stereocenters. The maximum absolute atomic E-state index is 12.3. The molecule has 0 aliphatic heterocycles. The summed E-state index contributed by atoms with van der Waals surface area (Å²) in [7, 11) is 0. The third-order valence-electron chi connectivity index (χ3n) is 3.39. The van der Waals surface area contributed by atoms with E-state index in [0.717, 1.165) is 12.4 Å². The van der Waals surface area contributed by atoms with Crippen LogP contribution in [0.3, 0.4) is 0 Å². The summed E-state index contributed by atoms with van der Waals surface area (Å²) in [6, 6.07) is 4.63. The van der Waals surface area contributed by atoms with Crippen molar-refractivity contribution in [3.63, 3.8) is 0 Å². The molecule has 0 saturated heterocycles.